The molecule has 1 N–H and O–H groups in total. The van der Waals surface area contributed by atoms with Crippen LogP contribution in [-0.4, -0.2) is 60.5 Å². The number of nitrogens with one attached hydrogen (secondary N) is 1. The number of cyclic esters (lactones) is 1. The maximum absolute atomic E-state index is 13.4. The first-order valence-electron chi connectivity index (χ1n) is 8.40. The van der Waals surface area contributed by atoms with Crippen molar-refractivity contribution in [2.75, 3.05) is 20.8 Å². The van der Waals surface area contributed by atoms with Crippen LogP contribution in [0.15, 0.2) is 24.3 Å². The van der Waals surface area contributed by atoms with Gasteiger partial charge in [0.1, 0.15) is 12.4 Å². The van der Waals surface area contributed by atoms with E-state index >= 15 is 0 Å². The molecule has 0 aliphatic carbocycles. The molecule has 150 valence electrons. The predicted octanol–water partition coefficient (Wildman–Crippen LogP) is 1.09. The summed E-state index contributed by atoms with van der Waals surface area (Å²) in [5, 5.41) is 2.53. The average molecular weight is 408 g/mol. The number of ether oxygens (including phenoxy) is 4. The molecule has 1 aromatic carbocycles. The molecule has 2 fully saturated rings. The van der Waals surface area contributed by atoms with E-state index in [4.69, 9.17) is 31.2 Å². The van der Waals surface area contributed by atoms with Crippen molar-refractivity contribution in [1.82, 2.24) is 10.2 Å². The number of thiocarbonyl (C=S) groups is 1. The minimum atomic E-state index is -1.93. The molecule has 0 bridgehead atoms. The van der Waals surface area contributed by atoms with Gasteiger partial charge in [-0.1, -0.05) is 12.1 Å². The van der Waals surface area contributed by atoms with Crippen molar-refractivity contribution >= 4 is 35.4 Å². The number of rotatable bonds is 4. The quantitative estimate of drug-likeness (QED) is 0.579. The number of esters is 1. The van der Waals surface area contributed by atoms with E-state index in [2.05, 4.69) is 5.32 Å². The van der Waals surface area contributed by atoms with E-state index in [1.807, 2.05) is 0 Å². The van der Waals surface area contributed by atoms with Gasteiger partial charge in [0.15, 0.2) is 6.04 Å². The van der Waals surface area contributed by atoms with Crippen LogP contribution in [0.4, 0.5) is 4.79 Å². The Morgan fingerprint density at radius 1 is 1.32 bits per heavy atom. The molecule has 2 heterocycles. The third kappa shape index (κ3) is 2.93. The standard InChI is InChI=1S/C18H20N2O7S/c1-17(2)9-26-16(23)20(17)13(21)12-18(14(22)25-4,27-15(28)19-12)10-6-5-7-11(8-10)24-3/h5-8,12H,9H2,1-4H3,(H,19,28)/t12-,18-/m0/s1. The molecular weight excluding hydrogens is 388 g/mol. The third-order valence-corrected chi connectivity index (χ3v) is 4.91. The lowest BCUT2D eigenvalue weighted by Crippen LogP contribution is -2.60. The van der Waals surface area contributed by atoms with Crippen LogP contribution in [0.2, 0.25) is 0 Å². The summed E-state index contributed by atoms with van der Waals surface area (Å²) in [6, 6.07) is 5.10. The van der Waals surface area contributed by atoms with E-state index in [1.54, 1.807) is 38.1 Å². The molecule has 2 aliphatic heterocycles. The van der Waals surface area contributed by atoms with Gasteiger partial charge in [0, 0.05) is 5.56 Å². The van der Waals surface area contributed by atoms with E-state index in [9.17, 15) is 14.4 Å². The Labute approximate surface area is 166 Å². The Balaban J connectivity index is 2.14. The summed E-state index contributed by atoms with van der Waals surface area (Å²) >= 11 is 5.09. The lowest BCUT2D eigenvalue weighted by atomic mass is 9.85. The summed E-state index contributed by atoms with van der Waals surface area (Å²) in [5.74, 6) is -1.13. The van der Waals surface area contributed by atoms with Crippen LogP contribution in [-0.2, 0) is 29.4 Å². The van der Waals surface area contributed by atoms with Crippen molar-refractivity contribution in [3.05, 3.63) is 29.8 Å². The highest BCUT2D eigenvalue weighted by Gasteiger charge is 2.62. The highest BCUT2D eigenvalue weighted by molar-refractivity contribution is 7.80. The lowest BCUT2D eigenvalue weighted by Gasteiger charge is -2.34. The van der Waals surface area contributed by atoms with Gasteiger partial charge in [0.2, 0.25) is 0 Å². The molecule has 1 aromatic rings. The highest BCUT2D eigenvalue weighted by Crippen LogP contribution is 2.39. The maximum atomic E-state index is 13.4. The highest BCUT2D eigenvalue weighted by atomic mass is 32.1. The molecule has 0 unspecified atom stereocenters. The minimum absolute atomic E-state index is 0.0278. The molecule has 2 atom stereocenters. The summed E-state index contributed by atoms with van der Waals surface area (Å²) in [7, 11) is 2.64. The number of carbonyl (C=O) groups is 3. The molecule has 3 rings (SSSR count). The van der Waals surface area contributed by atoms with Gasteiger partial charge in [-0.3, -0.25) is 4.79 Å². The SMILES string of the molecule is COC(=O)[C@@]1(c2cccc(OC)c2)OC(=S)N[C@H]1C(=O)N1C(=O)OCC1(C)C. The zero-order valence-corrected chi connectivity index (χ0v) is 16.6. The zero-order chi connectivity index (χ0) is 20.7. The number of imide groups is 1. The molecule has 28 heavy (non-hydrogen) atoms. The predicted molar refractivity (Wildman–Crippen MR) is 99.6 cm³/mol. The minimum Gasteiger partial charge on any atom is -0.497 e. The van der Waals surface area contributed by atoms with Gasteiger partial charge >= 0.3 is 12.1 Å². The van der Waals surface area contributed by atoms with Gasteiger partial charge in [0.25, 0.3) is 16.7 Å². The van der Waals surface area contributed by atoms with Gasteiger partial charge in [-0.25, -0.2) is 14.5 Å². The molecule has 2 saturated heterocycles. The number of hydrogen-bond acceptors (Lipinski definition) is 8. The molecule has 2 amide bonds. The Bertz CT molecular complexity index is 856. The van der Waals surface area contributed by atoms with Gasteiger partial charge in [-0.2, -0.15) is 0 Å². The largest absolute Gasteiger partial charge is 0.497 e. The van der Waals surface area contributed by atoms with Crippen LogP contribution in [0.1, 0.15) is 19.4 Å². The van der Waals surface area contributed by atoms with Crippen molar-refractivity contribution < 1.29 is 33.3 Å². The Hall–Kier alpha value is -2.88. The second kappa shape index (κ2) is 6.93. The molecule has 0 radical (unpaired) electrons. The van der Waals surface area contributed by atoms with Crippen LogP contribution in [0.3, 0.4) is 0 Å². The number of methoxy groups -OCH3 is 2. The van der Waals surface area contributed by atoms with Crippen LogP contribution < -0.4 is 10.1 Å². The fourth-order valence-corrected chi connectivity index (χ4v) is 3.58. The molecular formula is C18H20N2O7S. The fourth-order valence-electron chi connectivity index (χ4n) is 3.33. The topological polar surface area (TPSA) is 103 Å². The monoisotopic (exact) mass is 408 g/mol. The molecule has 9 nitrogen and oxygen atoms in total. The van der Waals surface area contributed by atoms with E-state index in [0.29, 0.717) is 5.75 Å². The van der Waals surface area contributed by atoms with Gasteiger partial charge < -0.3 is 24.3 Å². The number of benzene rings is 1. The first-order chi connectivity index (χ1) is 13.2. The molecule has 0 saturated carbocycles. The molecule has 0 aromatic heterocycles. The van der Waals surface area contributed by atoms with Crippen molar-refractivity contribution in [3.63, 3.8) is 0 Å². The van der Waals surface area contributed by atoms with Crippen molar-refractivity contribution in [2.45, 2.75) is 31.0 Å². The molecule has 2 aliphatic rings. The first kappa shape index (κ1) is 19.9. The van der Waals surface area contributed by atoms with Gasteiger partial charge in [0.05, 0.1) is 19.8 Å². The summed E-state index contributed by atoms with van der Waals surface area (Å²) in [6.07, 6.45) is -0.806. The second-order valence-electron chi connectivity index (χ2n) is 6.97. The second-order valence-corrected chi connectivity index (χ2v) is 7.34. The molecule has 10 heteroatoms. The van der Waals surface area contributed by atoms with Gasteiger partial charge in [-0.05, 0) is 38.2 Å². The van der Waals surface area contributed by atoms with Crippen LogP contribution in [0.5, 0.6) is 5.75 Å². The third-order valence-electron chi connectivity index (χ3n) is 4.71. The van der Waals surface area contributed by atoms with Crippen molar-refractivity contribution in [2.24, 2.45) is 0 Å². The number of amides is 2. The normalized spacial score (nSPS) is 25.6. The van der Waals surface area contributed by atoms with E-state index in [1.165, 1.54) is 14.2 Å². The summed E-state index contributed by atoms with van der Waals surface area (Å²) in [4.78, 5) is 39.4. The number of hydrogen-bond donors (Lipinski definition) is 1. The van der Waals surface area contributed by atoms with Crippen molar-refractivity contribution in [1.29, 1.82) is 0 Å². The van der Waals surface area contributed by atoms with Crippen molar-refractivity contribution in [3.8, 4) is 5.75 Å². The number of nitrogens with zero attached hydrogens (tertiary/aromatic N) is 1. The lowest BCUT2D eigenvalue weighted by molar-refractivity contribution is -0.165. The average Bonchev–Trinajstić information content (AvgIpc) is 3.17. The Morgan fingerprint density at radius 3 is 2.61 bits per heavy atom. The zero-order valence-electron chi connectivity index (χ0n) is 15.8. The molecule has 0 spiro atoms. The van der Waals surface area contributed by atoms with E-state index < -0.39 is 35.2 Å². The smallest absolute Gasteiger partial charge is 0.417 e. The van der Waals surface area contributed by atoms with Crippen LogP contribution >= 0.6 is 12.2 Å². The number of carbonyl (C=O) groups excluding carboxylic acids is 3. The van der Waals surface area contributed by atoms with Crippen LogP contribution in [0.25, 0.3) is 0 Å². The summed E-state index contributed by atoms with van der Waals surface area (Å²) < 4.78 is 20.8. The van der Waals surface area contributed by atoms with E-state index in [0.717, 1.165) is 4.90 Å². The summed E-state index contributed by atoms with van der Waals surface area (Å²) in [6.45, 7) is 3.38. The van der Waals surface area contributed by atoms with Gasteiger partial charge in [-0.15, -0.1) is 0 Å². The Morgan fingerprint density at radius 2 is 2.04 bits per heavy atom. The first-order valence-corrected chi connectivity index (χ1v) is 8.81. The maximum Gasteiger partial charge on any atom is 0.417 e. The summed E-state index contributed by atoms with van der Waals surface area (Å²) in [5.41, 5.74) is -2.55. The fraction of sp³-hybridized carbons (Fsp3) is 0.444. The van der Waals surface area contributed by atoms with E-state index in [-0.39, 0.29) is 17.3 Å². The van der Waals surface area contributed by atoms with Crippen LogP contribution in [0, 0.1) is 0 Å². The Kier molecular flexibility index (Phi) is 4.92.